The van der Waals surface area contributed by atoms with Crippen molar-refractivity contribution in [3.8, 4) is 11.1 Å². The predicted molar refractivity (Wildman–Crippen MR) is 107 cm³/mol. The van der Waals surface area contributed by atoms with E-state index in [2.05, 4.69) is 10.3 Å². The monoisotopic (exact) mass is 418 g/mol. The van der Waals surface area contributed by atoms with Crippen LogP contribution in [0.5, 0.6) is 0 Å². The second-order valence-electron chi connectivity index (χ2n) is 6.87. The van der Waals surface area contributed by atoms with Crippen molar-refractivity contribution in [3.63, 3.8) is 0 Å². The number of benzene rings is 2. The van der Waals surface area contributed by atoms with Crippen molar-refractivity contribution in [2.24, 2.45) is 0 Å². The van der Waals surface area contributed by atoms with Crippen molar-refractivity contribution in [3.05, 3.63) is 65.9 Å². The highest BCUT2D eigenvalue weighted by Crippen LogP contribution is 2.32. The van der Waals surface area contributed by atoms with Gasteiger partial charge in [-0.2, -0.15) is 13.2 Å². The first-order valence-electron chi connectivity index (χ1n) is 9.42. The maximum absolute atomic E-state index is 12.8. The Bertz CT molecular complexity index is 1010. The lowest BCUT2D eigenvalue weighted by Gasteiger charge is -2.17. The van der Waals surface area contributed by atoms with E-state index in [0.717, 1.165) is 12.1 Å². The lowest BCUT2D eigenvalue weighted by atomic mass is 10.00. The van der Waals surface area contributed by atoms with Gasteiger partial charge in [0, 0.05) is 36.4 Å². The number of amides is 1. The average molecular weight is 418 g/mol. The number of alkyl halides is 3. The molecule has 0 unspecified atom stereocenters. The van der Waals surface area contributed by atoms with Crippen LogP contribution in [0.3, 0.4) is 0 Å². The number of nitrogens with one attached hydrogen (secondary N) is 1. The van der Waals surface area contributed by atoms with Crippen LogP contribution < -0.4 is 5.32 Å². The van der Waals surface area contributed by atoms with Crippen molar-refractivity contribution in [1.82, 2.24) is 10.3 Å². The highest BCUT2D eigenvalue weighted by atomic mass is 19.4. The SMILES string of the molecule is O=C(NC(CCO)CCO)c1cnc2c(-c3ccc(C(F)(F)F)cc3)cccc2c1. The van der Waals surface area contributed by atoms with Gasteiger partial charge in [0.2, 0.25) is 0 Å². The zero-order valence-electron chi connectivity index (χ0n) is 16.0. The summed E-state index contributed by atoms with van der Waals surface area (Å²) in [5.74, 6) is -0.378. The number of carbonyl (C=O) groups is 1. The van der Waals surface area contributed by atoms with Crippen molar-refractivity contribution in [1.29, 1.82) is 0 Å². The van der Waals surface area contributed by atoms with Crippen LogP contribution in [0.2, 0.25) is 0 Å². The molecular formula is C22H21F3N2O3. The van der Waals surface area contributed by atoms with Crippen LogP contribution in [-0.4, -0.2) is 40.4 Å². The summed E-state index contributed by atoms with van der Waals surface area (Å²) in [5, 5.41) is 21.6. The first kappa shape index (κ1) is 21.7. The summed E-state index contributed by atoms with van der Waals surface area (Å²) in [6.45, 7) is -0.227. The van der Waals surface area contributed by atoms with Gasteiger partial charge in [0.25, 0.3) is 5.91 Å². The van der Waals surface area contributed by atoms with Crippen LogP contribution in [0.15, 0.2) is 54.7 Å². The Balaban J connectivity index is 1.89. The van der Waals surface area contributed by atoms with Gasteiger partial charge in [-0.3, -0.25) is 9.78 Å². The van der Waals surface area contributed by atoms with Gasteiger partial charge in [-0.15, -0.1) is 0 Å². The largest absolute Gasteiger partial charge is 0.416 e. The second kappa shape index (κ2) is 9.23. The van der Waals surface area contributed by atoms with Gasteiger partial charge < -0.3 is 15.5 Å². The molecule has 5 nitrogen and oxygen atoms in total. The topological polar surface area (TPSA) is 82.5 Å². The summed E-state index contributed by atoms with van der Waals surface area (Å²) >= 11 is 0. The van der Waals surface area contributed by atoms with E-state index in [1.165, 1.54) is 18.3 Å². The van der Waals surface area contributed by atoms with Crippen molar-refractivity contribution in [2.45, 2.75) is 25.1 Å². The molecular weight excluding hydrogens is 397 g/mol. The van der Waals surface area contributed by atoms with Gasteiger partial charge in [-0.1, -0.05) is 30.3 Å². The predicted octanol–water partition coefficient (Wildman–Crippen LogP) is 3.78. The van der Waals surface area contributed by atoms with Crippen molar-refractivity contribution < 1.29 is 28.2 Å². The zero-order chi connectivity index (χ0) is 21.7. The van der Waals surface area contributed by atoms with Crippen molar-refractivity contribution >= 4 is 16.8 Å². The number of halogens is 3. The molecule has 8 heteroatoms. The molecule has 0 atom stereocenters. The molecule has 3 N–H and O–H groups in total. The number of aliphatic hydroxyl groups is 2. The quantitative estimate of drug-likeness (QED) is 0.545. The Morgan fingerprint density at radius 2 is 1.70 bits per heavy atom. The molecule has 0 fully saturated rings. The number of rotatable bonds is 7. The van der Waals surface area contributed by atoms with Crippen LogP contribution in [0.1, 0.15) is 28.8 Å². The van der Waals surface area contributed by atoms with E-state index >= 15 is 0 Å². The van der Waals surface area contributed by atoms with E-state index < -0.39 is 11.7 Å². The average Bonchev–Trinajstić information content (AvgIpc) is 2.72. The smallest absolute Gasteiger partial charge is 0.396 e. The summed E-state index contributed by atoms with van der Waals surface area (Å²) in [6, 6.07) is 11.4. The Labute approximate surface area is 171 Å². The molecule has 0 spiro atoms. The molecule has 0 saturated heterocycles. The Morgan fingerprint density at radius 1 is 1.03 bits per heavy atom. The number of carbonyl (C=O) groups excluding carboxylic acids is 1. The number of hydrogen-bond donors (Lipinski definition) is 3. The lowest BCUT2D eigenvalue weighted by Crippen LogP contribution is -2.36. The third-order valence-corrected chi connectivity index (χ3v) is 4.79. The van der Waals surface area contributed by atoms with E-state index in [1.54, 1.807) is 24.3 Å². The number of aromatic nitrogens is 1. The van der Waals surface area contributed by atoms with Crippen molar-refractivity contribution in [2.75, 3.05) is 13.2 Å². The van der Waals surface area contributed by atoms with Gasteiger partial charge in [-0.25, -0.2) is 0 Å². The maximum Gasteiger partial charge on any atom is 0.416 e. The van der Waals surface area contributed by atoms with Gasteiger partial charge >= 0.3 is 6.18 Å². The molecule has 1 aromatic heterocycles. The van der Waals surface area contributed by atoms with E-state index in [9.17, 15) is 18.0 Å². The molecule has 0 radical (unpaired) electrons. The minimum Gasteiger partial charge on any atom is -0.396 e. The first-order valence-corrected chi connectivity index (χ1v) is 9.42. The normalized spacial score (nSPS) is 11.8. The molecule has 0 saturated carbocycles. The number of fused-ring (bicyclic) bond motifs is 1. The van der Waals surface area contributed by atoms with E-state index in [4.69, 9.17) is 10.2 Å². The van der Waals surface area contributed by atoms with E-state index in [1.807, 2.05) is 0 Å². The number of nitrogens with zero attached hydrogens (tertiary/aromatic N) is 1. The molecule has 0 aliphatic heterocycles. The van der Waals surface area contributed by atoms with Gasteiger partial charge in [0.1, 0.15) is 0 Å². The van der Waals surface area contributed by atoms with Crippen LogP contribution in [0.25, 0.3) is 22.0 Å². The third kappa shape index (κ3) is 4.95. The number of aliphatic hydroxyl groups excluding tert-OH is 2. The van der Waals surface area contributed by atoms with Crippen LogP contribution in [0.4, 0.5) is 13.2 Å². The Kier molecular flexibility index (Phi) is 6.69. The summed E-state index contributed by atoms with van der Waals surface area (Å²) in [5.41, 5.74) is 1.40. The molecule has 3 aromatic rings. The van der Waals surface area contributed by atoms with Gasteiger partial charge in [0.15, 0.2) is 0 Å². The van der Waals surface area contributed by atoms with E-state index in [-0.39, 0.29) is 25.2 Å². The number of hydrogen-bond acceptors (Lipinski definition) is 4. The number of para-hydroxylation sites is 1. The fraction of sp³-hybridized carbons (Fsp3) is 0.273. The van der Waals surface area contributed by atoms with Crippen LogP contribution >= 0.6 is 0 Å². The third-order valence-electron chi connectivity index (χ3n) is 4.79. The minimum atomic E-state index is -4.40. The maximum atomic E-state index is 12.8. The van der Waals surface area contributed by atoms with Gasteiger partial charge in [0.05, 0.1) is 16.6 Å². The summed E-state index contributed by atoms with van der Waals surface area (Å²) in [7, 11) is 0. The standard InChI is InChI=1S/C22H21F3N2O3/c23-22(24,25)17-6-4-14(5-7-17)19-3-1-2-15-12-16(13-26-20(15)19)21(30)27-18(8-10-28)9-11-29/h1-7,12-13,18,28-29H,8-11H2,(H,27,30). The second-order valence-corrected chi connectivity index (χ2v) is 6.87. The summed E-state index contributed by atoms with van der Waals surface area (Å²) in [4.78, 5) is 16.9. The molecule has 0 aliphatic carbocycles. The summed E-state index contributed by atoms with van der Waals surface area (Å²) < 4.78 is 38.4. The molecule has 2 aromatic carbocycles. The fourth-order valence-electron chi connectivity index (χ4n) is 3.23. The summed E-state index contributed by atoms with van der Waals surface area (Å²) in [6.07, 6.45) is -2.35. The fourth-order valence-corrected chi connectivity index (χ4v) is 3.23. The van der Waals surface area contributed by atoms with E-state index in [0.29, 0.717) is 40.4 Å². The van der Waals surface area contributed by atoms with Crippen LogP contribution in [-0.2, 0) is 6.18 Å². The molecule has 1 amide bonds. The highest BCUT2D eigenvalue weighted by Gasteiger charge is 2.30. The highest BCUT2D eigenvalue weighted by molar-refractivity contribution is 6.00. The molecule has 30 heavy (non-hydrogen) atoms. The van der Waals surface area contributed by atoms with Gasteiger partial charge in [-0.05, 0) is 36.6 Å². The Hall–Kier alpha value is -2.97. The molecule has 0 bridgehead atoms. The molecule has 1 heterocycles. The molecule has 158 valence electrons. The minimum absolute atomic E-state index is 0.114. The number of pyridine rings is 1. The van der Waals surface area contributed by atoms with Crippen LogP contribution in [0, 0.1) is 0 Å². The first-order chi connectivity index (χ1) is 14.3. The Morgan fingerprint density at radius 3 is 2.30 bits per heavy atom. The lowest BCUT2D eigenvalue weighted by molar-refractivity contribution is -0.137. The zero-order valence-corrected chi connectivity index (χ0v) is 16.0. The molecule has 0 aliphatic rings. The molecule has 3 rings (SSSR count).